The molecule has 1 aromatic heterocycles. The van der Waals surface area contributed by atoms with Crippen molar-refractivity contribution in [3.8, 4) is 5.75 Å². The van der Waals surface area contributed by atoms with Crippen molar-refractivity contribution in [3.63, 3.8) is 0 Å². The average molecular weight is 288 g/mol. The third-order valence-corrected chi connectivity index (χ3v) is 3.20. The predicted octanol–water partition coefficient (Wildman–Crippen LogP) is 2.25. The summed E-state index contributed by atoms with van der Waals surface area (Å²) in [5.41, 5.74) is 0.578. The Bertz CT molecular complexity index is 604. The van der Waals surface area contributed by atoms with Gasteiger partial charge < -0.3 is 10.1 Å². The Hall–Kier alpha value is -2.37. The van der Waals surface area contributed by atoms with Crippen LogP contribution in [0.25, 0.3) is 0 Å². The van der Waals surface area contributed by atoms with Gasteiger partial charge in [0.2, 0.25) is 0 Å². The molecule has 0 unspecified atom stereocenters. The van der Waals surface area contributed by atoms with E-state index in [0.717, 1.165) is 11.6 Å². The van der Waals surface area contributed by atoms with Gasteiger partial charge in [0.1, 0.15) is 11.6 Å². The summed E-state index contributed by atoms with van der Waals surface area (Å²) in [6.07, 6.45) is 0. The van der Waals surface area contributed by atoms with E-state index in [4.69, 9.17) is 4.74 Å². The van der Waals surface area contributed by atoms with Gasteiger partial charge in [0.05, 0.1) is 13.2 Å². The van der Waals surface area contributed by atoms with E-state index in [-0.39, 0.29) is 17.9 Å². The van der Waals surface area contributed by atoms with Crippen LogP contribution in [0.4, 0.5) is 0 Å². The van der Waals surface area contributed by atoms with Crippen LogP contribution in [0.3, 0.4) is 0 Å². The number of carbonyl (C=O) groups is 1. The third kappa shape index (κ3) is 3.59. The number of aromatic amines is 1. The van der Waals surface area contributed by atoms with Crippen molar-refractivity contribution in [1.82, 2.24) is 20.5 Å². The zero-order valence-electron chi connectivity index (χ0n) is 12.7. The summed E-state index contributed by atoms with van der Waals surface area (Å²) < 4.78 is 5.08. The van der Waals surface area contributed by atoms with Crippen molar-refractivity contribution in [2.24, 2.45) is 5.92 Å². The van der Waals surface area contributed by atoms with E-state index in [9.17, 15) is 4.79 Å². The highest BCUT2D eigenvalue weighted by atomic mass is 16.5. The van der Waals surface area contributed by atoms with E-state index in [1.807, 2.05) is 20.8 Å². The molecule has 0 spiro atoms. The molecule has 1 heterocycles. The van der Waals surface area contributed by atoms with E-state index in [0.29, 0.717) is 11.4 Å². The summed E-state index contributed by atoms with van der Waals surface area (Å²) in [4.78, 5) is 16.6. The fourth-order valence-electron chi connectivity index (χ4n) is 2.00. The number of methoxy groups -OCH3 is 1. The van der Waals surface area contributed by atoms with Crippen LogP contribution in [0, 0.1) is 12.8 Å². The minimum Gasteiger partial charge on any atom is -0.497 e. The number of ether oxygens (including phenoxy) is 1. The molecular weight excluding hydrogens is 268 g/mol. The van der Waals surface area contributed by atoms with E-state index in [1.54, 1.807) is 31.4 Å². The van der Waals surface area contributed by atoms with Gasteiger partial charge in [0.25, 0.3) is 5.91 Å². The number of benzene rings is 1. The first-order valence-corrected chi connectivity index (χ1v) is 6.85. The highest BCUT2D eigenvalue weighted by molar-refractivity contribution is 5.94. The van der Waals surface area contributed by atoms with Crippen LogP contribution in [-0.4, -0.2) is 28.2 Å². The van der Waals surface area contributed by atoms with Gasteiger partial charge in [-0.1, -0.05) is 13.8 Å². The fourth-order valence-corrected chi connectivity index (χ4v) is 2.00. The quantitative estimate of drug-likeness (QED) is 0.884. The molecule has 21 heavy (non-hydrogen) atoms. The van der Waals surface area contributed by atoms with Crippen LogP contribution >= 0.6 is 0 Å². The van der Waals surface area contributed by atoms with Gasteiger partial charge in [-0.15, -0.1) is 0 Å². The van der Waals surface area contributed by atoms with E-state index in [1.165, 1.54) is 0 Å². The van der Waals surface area contributed by atoms with Gasteiger partial charge >= 0.3 is 0 Å². The number of rotatable bonds is 5. The van der Waals surface area contributed by atoms with E-state index in [2.05, 4.69) is 20.5 Å². The Morgan fingerprint density at radius 2 is 1.95 bits per heavy atom. The topological polar surface area (TPSA) is 79.9 Å². The maximum absolute atomic E-state index is 12.3. The molecular formula is C15H20N4O2. The number of aryl methyl sites for hydroxylation is 1. The van der Waals surface area contributed by atoms with Crippen molar-refractivity contribution in [2.75, 3.05) is 7.11 Å². The van der Waals surface area contributed by atoms with Gasteiger partial charge in [-0.25, -0.2) is 4.98 Å². The van der Waals surface area contributed by atoms with Crippen molar-refractivity contribution >= 4 is 5.91 Å². The molecule has 1 atom stereocenters. The number of aromatic nitrogens is 3. The summed E-state index contributed by atoms with van der Waals surface area (Å²) in [6.45, 7) is 5.87. The van der Waals surface area contributed by atoms with Crippen LogP contribution in [-0.2, 0) is 0 Å². The largest absolute Gasteiger partial charge is 0.497 e. The summed E-state index contributed by atoms with van der Waals surface area (Å²) in [5.74, 6) is 2.08. The second-order valence-electron chi connectivity index (χ2n) is 5.20. The van der Waals surface area contributed by atoms with Crippen LogP contribution in [0.15, 0.2) is 24.3 Å². The van der Waals surface area contributed by atoms with E-state index >= 15 is 0 Å². The molecule has 2 aromatic rings. The Kier molecular flexibility index (Phi) is 4.57. The number of hydrogen-bond acceptors (Lipinski definition) is 4. The second kappa shape index (κ2) is 6.39. The molecule has 0 saturated carbocycles. The van der Waals surface area contributed by atoms with Crippen molar-refractivity contribution in [3.05, 3.63) is 41.5 Å². The first kappa shape index (κ1) is 15.0. The lowest BCUT2D eigenvalue weighted by atomic mass is 10.0. The smallest absolute Gasteiger partial charge is 0.251 e. The Morgan fingerprint density at radius 3 is 2.43 bits per heavy atom. The molecule has 1 amide bonds. The minimum atomic E-state index is -0.232. The fraction of sp³-hybridized carbons (Fsp3) is 0.400. The number of hydrogen-bond donors (Lipinski definition) is 2. The van der Waals surface area contributed by atoms with Crippen LogP contribution in [0.2, 0.25) is 0 Å². The molecule has 2 rings (SSSR count). The Morgan fingerprint density at radius 1 is 1.29 bits per heavy atom. The van der Waals surface area contributed by atoms with Gasteiger partial charge in [0, 0.05) is 5.56 Å². The molecule has 0 saturated heterocycles. The lowest BCUT2D eigenvalue weighted by Crippen LogP contribution is -2.32. The minimum absolute atomic E-state index is 0.154. The third-order valence-electron chi connectivity index (χ3n) is 3.20. The number of nitrogens with zero attached hydrogens (tertiary/aromatic N) is 2. The molecule has 0 radical (unpaired) electrons. The molecule has 0 aliphatic rings. The number of amides is 1. The molecule has 0 aliphatic heterocycles. The average Bonchev–Trinajstić information content (AvgIpc) is 2.90. The summed E-state index contributed by atoms with van der Waals surface area (Å²) in [7, 11) is 1.59. The highest BCUT2D eigenvalue weighted by Gasteiger charge is 2.22. The molecule has 0 bridgehead atoms. The first-order valence-electron chi connectivity index (χ1n) is 6.85. The zero-order valence-corrected chi connectivity index (χ0v) is 12.7. The lowest BCUT2D eigenvalue weighted by molar-refractivity contribution is 0.0923. The molecule has 1 aromatic carbocycles. The molecule has 6 nitrogen and oxygen atoms in total. The van der Waals surface area contributed by atoms with Crippen LogP contribution in [0.1, 0.15) is 41.9 Å². The number of H-pyrrole nitrogens is 1. The molecule has 2 N–H and O–H groups in total. The molecule has 112 valence electrons. The second-order valence-corrected chi connectivity index (χ2v) is 5.20. The Labute approximate surface area is 123 Å². The van der Waals surface area contributed by atoms with Gasteiger partial charge in [-0.2, -0.15) is 5.10 Å². The van der Waals surface area contributed by atoms with Gasteiger partial charge in [0.15, 0.2) is 5.82 Å². The lowest BCUT2D eigenvalue weighted by Gasteiger charge is -2.19. The highest BCUT2D eigenvalue weighted by Crippen LogP contribution is 2.19. The number of nitrogens with one attached hydrogen (secondary N) is 2. The van der Waals surface area contributed by atoms with Crippen LogP contribution < -0.4 is 10.1 Å². The Balaban J connectivity index is 2.14. The molecule has 0 fully saturated rings. The summed E-state index contributed by atoms with van der Waals surface area (Å²) >= 11 is 0. The molecule has 6 heteroatoms. The SMILES string of the molecule is COc1ccc(C(=O)N[C@H](c2n[nH]c(C)n2)C(C)C)cc1. The van der Waals surface area contributed by atoms with Crippen molar-refractivity contribution in [2.45, 2.75) is 26.8 Å². The molecule has 0 aliphatic carbocycles. The normalized spacial score (nSPS) is 12.2. The van der Waals surface area contributed by atoms with Gasteiger partial charge in [-0.05, 0) is 37.1 Å². The summed E-state index contributed by atoms with van der Waals surface area (Å²) in [6, 6.07) is 6.75. The monoisotopic (exact) mass is 288 g/mol. The summed E-state index contributed by atoms with van der Waals surface area (Å²) in [5, 5.41) is 9.92. The standard InChI is InChI=1S/C15H20N4O2/c1-9(2)13(14-16-10(3)18-19-14)17-15(20)11-5-7-12(21-4)8-6-11/h5-9,13H,1-4H3,(H,17,20)(H,16,18,19)/t13-/m0/s1. The number of carbonyl (C=O) groups excluding carboxylic acids is 1. The maximum atomic E-state index is 12.3. The maximum Gasteiger partial charge on any atom is 0.251 e. The predicted molar refractivity (Wildman–Crippen MR) is 79.2 cm³/mol. The van der Waals surface area contributed by atoms with Crippen molar-refractivity contribution in [1.29, 1.82) is 0 Å². The zero-order chi connectivity index (χ0) is 15.4. The van der Waals surface area contributed by atoms with E-state index < -0.39 is 0 Å². The first-order chi connectivity index (χ1) is 10.0. The van der Waals surface area contributed by atoms with Gasteiger partial charge in [-0.3, -0.25) is 9.89 Å². The van der Waals surface area contributed by atoms with Crippen molar-refractivity contribution < 1.29 is 9.53 Å². The van der Waals surface area contributed by atoms with Crippen LogP contribution in [0.5, 0.6) is 5.75 Å².